The molecule has 0 aliphatic carbocycles. The Balaban J connectivity index is 1.61. The molecule has 0 aliphatic rings. The van der Waals surface area contributed by atoms with Gasteiger partial charge in [-0.2, -0.15) is 0 Å². The highest BCUT2D eigenvalue weighted by atomic mass is 79.9. The van der Waals surface area contributed by atoms with Gasteiger partial charge >= 0.3 is 0 Å². The third kappa shape index (κ3) is 4.17. The van der Waals surface area contributed by atoms with E-state index >= 15 is 0 Å². The number of nitrogens with one attached hydrogen (secondary N) is 2. The molecule has 1 amide bonds. The van der Waals surface area contributed by atoms with Gasteiger partial charge in [-0.25, -0.2) is 9.97 Å². The van der Waals surface area contributed by atoms with Gasteiger partial charge in [-0.3, -0.25) is 4.79 Å². The fraction of sp³-hybridized carbons (Fsp3) is 0.0556. The third-order valence-electron chi connectivity index (χ3n) is 3.32. The topological polar surface area (TPSA) is 66.9 Å². The number of carbonyl (C=O) groups is 1. The van der Waals surface area contributed by atoms with Gasteiger partial charge in [-0.05, 0) is 33.6 Å². The first-order valence-electron chi connectivity index (χ1n) is 7.38. The quantitative estimate of drug-likeness (QED) is 0.696. The summed E-state index contributed by atoms with van der Waals surface area (Å²) in [6, 6.07) is 17.4. The average molecular weight is 383 g/mol. The first-order valence-corrected chi connectivity index (χ1v) is 8.17. The van der Waals surface area contributed by atoms with E-state index < -0.39 is 0 Å². The van der Waals surface area contributed by atoms with Gasteiger partial charge in [0.1, 0.15) is 11.5 Å². The maximum atomic E-state index is 12.2. The second-order valence-corrected chi connectivity index (χ2v) is 5.91. The molecule has 0 bridgehead atoms. The predicted molar refractivity (Wildman–Crippen MR) is 97.9 cm³/mol. The van der Waals surface area contributed by atoms with Crippen LogP contribution in [0.5, 0.6) is 0 Å². The number of benzene rings is 2. The molecule has 0 spiro atoms. The van der Waals surface area contributed by atoms with E-state index in [0.717, 1.165) is 10.0 Å². The smallest absolute Gasteiger partial charge is 0.275 e. The zero-order chi connectivity index (χ0) is 16.8. The first kappa shape index (κ1) is 16.1. The summed E-state index contributed by atoms with van der Waals surface area (Å²) in [7, 11) is 0. The van der Waals surface area contributed by atoms with E-state index in [2.05, 4.69) is 36.5 Å². The first-order chi connectivity index (χ1) is 11.7. The van der Waals surface area contributed by atoms with E-state index in [1.165, 1.54) is 6.20 Å². The maximum Gasteiger partial charge on any atom is 0.275 e. The molecule has 0 unspecified atom stereocenters. The number of aromatic nitrogens is 2. The minimum Gasteiger partial charge on any atom is -0.365 e. The molecule has 24 heavy (non-hydrogen) atoms. The molecule has 3 rings (SSSR count). The van der Waals surface area contributed by atoms with Gasteiger partial charge in [0, 0.05) is 11.0 Å². The lowest BCUT2D eigenvalue weighted by molar-refractivity contribution is 0.102. The average Bonchev–Trinajstić information content (AvgIpc) is 2.63. The lowest BCUT2D eigenvalue weighted by Gasteiger charge is -2.08. The van der Waals surface area contributed by atoms with Crippen LogP contribution in [0.1, 0.15) is 16.1 Å². The summed E-state index contributed by atoms with van der Waals surface area (Å²) in [5.41, 5.74) is 2.10. The highest BCUT2D eigenvalue weighted by molar-refractivity contribution is 9.10. The van der Waals surface area contributed by atoms with Crippen molar-refractivity contribution in [2.75, 3.05) is 10.6 Å². The monoisotopic (exact) mass is 382 g/mol. The van der Waals surface area contributed by atoms with Crippen LogP contribution in [0.25, 0.3) is 0 Å². The molecule has 0 fully saturated rings. The standard InChI is InChI=1S/C18H15BrN4O/c19-14-8-4-5-9-15(14)23-18(24)16-11-22-17(12-20-16)21-10-13-6-2-1-3-7-13/h1-9,11-12H,10H2,(H,21,22)(H,23,24). The number of anilines is 2. The van der Waals surface area contributed by atoms with Crippen LogP contribution in [0.15, 0.2) is 71.5 Å². The van der Waals surface area contributed by atoms with E-state index in [0.29, 0.717) is 18.1 Å². The van der Waals surface area contributed by atoms with E-state index in [-0.39, 0.29) is 11.6 Å². The summed E-state index contributed by atoms with van der Waals surface area (Å²) in [5, 5.41) is 5.97. The zero-order valence-corrected chi connectivity index (χ0v) is 14.3. The molecule has 3 aromatic rings. The van der Waals surface area contributed by atoms with Crippen molar-refractivity contribution in [3.8, 4) is 0 Å². The van der Waals surface area contributed by atoms with Crippen molar-refractivity contribution >= 4 is 33.3 Å². The van der Waals surface area contributed by atoms with Gasteiger partial charge in [0.05, 0.1) is 18.1 Å². The Morgan fingerprint density at radius 3 is 2.42 bits per heavy atom. The summed E-state index contributed by atoms with van der Waals surface area (Å²) < 4.78 is 0.812. The Morgan fingerprint density at radius 2 is 1.71 bits per heavy atom. The summed E-state index contributed by atoms with van der Waals surface area (Å²) in [4.78, 5) is 20.6. The molecular weight excluding hydrogens is 368 g/mol. The van der Waals surface area contributed by atoms with Crippen molar-refractivity contribution in [1.82, 2.24) is 9.97 Å². The SMILES string of the molecule is O=C(Nc1ccccc1Br)c1cnc(NCc2ccccc2)cn1. The molecule has 2 aromatic carbocycles. The normalized spacial score (nSPS) is 10.2. The van der Waals surface area contributed by atoms with E-state index in [9.17, 15) is 4.79 Å². The van der Waals surface area contributed by atoms with Crippen LogP contribution >= 0.6 is 15.9 Å². The molecule has 120 valence electrons. The largest absolute Gasteiger partial charge is 0.365 e. The lowest BCUT2D eigenvalue weighted by atomic mass is 10.2. The lowest BCUT2D eigenvalue weighted by Crippen LogP contribution is -2.14. The molecule has 0 saturated carbocycles. The van der Waals surface area contributed by atoms with Crippen molar-refractivity contribution in [2.45, 2.75) is 6.54 Å². The number of amides is 1. The molecule has 1 aromatic heterocycles. The van der Waals surface area contributed by atoms with E-state index in [4.69, 9.17) is 0 Å². The molecular formula is C18H15BrN4O. The minimum absolute atomic E-state index is 0.260. The number of carbonyl (C=O) groups excluding carboxylic acids is 1. The van der Waals surface area contributed by atoms with Gasteiger partial charge in [-0.15, -0.1) is 0 Å². The number of para-hydroxylation sites is 1. The van der Waals surface area contributed by atoms with E-state index in [1.807, 2.05) is 54.6 Å². The predicted octanol–water partition coefficient (Wildman–Crippen LogP) is 4.10. The van der Waals surface area contributed by atoms with Crippen LogP contribution < -0.4 is 10.6 Å². The Hall–Kier alpha value is -2.73. The summed E-state index contributed by atoms with van der Waals surface area (Å²) in [5.74, 6) is 0.320. The second kappa shape index (κ2) is 7.70. The summed E-state index contributed by atoms with van der Waals surface area (Å²) in [6.07, 6.45) is 3.01. The molecule has 0 radical (unpaired) electrons. The van der Waals surface area contributed by atoms with Crippen LogP contribution in [-0.2, 0) is 6.54 Å². The van der Waals surface area contributed by atoms with Crippen LogP contribution in [0.3, 0.4) is 0 Å². The minimum atomic E-state index is -0.302. The van der Waals surface area contributed by atoms with Crippen LogP contribution in [0.2, 0.25) is 0 Å². The van der Waals surface area contributed by atoms with Crippen LogP contribution in [-0.4, -0.2) is 15.9 Å². The fourth-order valence-electron chi connectivity index (χ4n) is 2.07. The van der Waals surface area contributed by atoms with Crippen molar-refractivity contribution in [2.24, 2.45) is 0 Å². The van der Waals surface area contributed by atoms with Gasteiger partial charge < -0.3 is 10.6 Å². The van der Waals surface area contributed by atoms with Gasteiger partial charge in [0.25, 0.3) is 5.91 Å². The van der Waals surface area contributed by atoms with E-state index in [1.54, 1.807) is 6.20 Å². The van der Waals surface area contributed by atoms with Crippen molar-refractivity contribution < 1.29 is 4.79 Å². The Morgan fingerprint density at radius 1 is 0.958 bits per heavy atom. The second-order valence-electron chi connectivity index (χ2n) is 5.06. The third-order valence-corrected chi connectivity index (χ3v) is 4.01. The van der Waals surface area contributed by atoms with Crippen LogP contribution in [0, 0.1) is 0 Å². The highest BCUT2D eigenvalue weighted by Crippen LogP contribution is 2.21. The molecule has 0 saturated heterocycles. The van der Waals surface area contributed by atoms with Crippen molar-refractivity contribution in [1.29, 1.82) is 0 Å². The number of rotatable bonds is 5. The van der Waals surface area contributed by atoms with Gasteiger partial charge in [-0.1, -0.05) is 42.5 Å². The molecule has 0 atom stereocenters. The number of halogens is 1. The van der Waals surface area contributed by atoms with Crippen molar-refractivity contribution in [3.63, 3.8) is 0 Å². The number of hydrogen-bond donors (Lipinski definition) is 2. The van der Waals surface area contributed by atoms with Crippen molar-refractivity contribution in [3.05, 3.63) is 82.7 Å². The molecule has 6 heteroatoms. The molecule has 5 nitrogen and oxygen atoms in total. The maximum absolute atomic E-state index is 12.2. The summed E-state index contributed by atoms with van der Waals surface area (Å²) >= 11 is 3.39. The molecule has 1 heterocycles. The van der Waals surface area contributed by atoms with Crippen LogP contribution in [0.4, 0.5) is 11.5 Å². The Bertz CT molecular complexity index is 822. The highest BCUT2D eigenvalue weighted by Gasteiger charge is 2.10. The molecule has 2 N–H and O–H groups in total. The van der Waals surface area contributed by atoms with Gasteiger partial charge in [0.2, 0.25) is 0 Å². The summed E-state index contributed by atoms with van der Waals surface area (Å²) in [6.45, 7) is 0.651. The Labute approximate surface area is 148 Å². The Kier molecular flexibility index (Phi) is 5.18. The zero-order valence-electron chi connectivity index (χ0n) is 12.7. The number of nitrogens with zero attached hydrogens (tertiary/aromatic N) is 2. The number of hydrogen-bond acceptors (Lipinski definition) is 4. The fourth-order valence-corrected chi connectivity index (χ4v) is 2.46. The molecule has 0 aliphatic heterocycles. The van der Waals surface area contributed by atoms with Gasteiger partial charge in [0.15, 0.2) is 0 Å².